The van der Waals surface area contributed by atoms with Crippen LogP contribution in [0.4, 0.5) is 11.5 Å². The van der Waals surface area contributed by atoms with Crippen molar-refractivity contribution in [3.8, 4) is 40.3 Å². The topological polar surface area (TPSA) is 89.3 Å². The summed E-state index contributed by atoms with van der Waals surface area (Å²) in [6.07, 6.45) is 1.88. The third kappa shape index (κ3) is 4.90. The SMILES string of the molecule is COc1ccc(-c2nc(SC)nc(Nc3ccccc3Oc3ccccc3)c2C#N)cc1OC. The molecule has 0 unspecified atom stereocenters. The molecule has 0 amide bonds. The van der Waals surface area contributed by atoms with Crippen LogP contribution in [0.2, 0.25) is 0 Å². The third-order valence-electron chi connectivity index (χ3n) is 4.95. The van der Waals surface area contributed by atoms with Gasteiger partial charge in [0.05, 0.1) is 25.6 Å². The molecule has 1 aromatic heterocycles. The number of anilines is 2. The van der Waals surface area contributed by atoms with Crippen molar-refractivity contribution >= 4 is 23.3 Å². The average molecular weight is 471 g/mol. The van der Waals surface area contributed by atoms with E-state index in [0.29, 0.717) is 56.5 Å². The second-order valence-electron chi connectivity index (χ2n) is 7.00. The average Bonchev–Trinajstić information content (AvgIpc) is 2.89. The van der Waals surface area contributed by atoms with Crippen LogP contribution in [0.3, 0.4) is 0 Å². The van der Waals surface area contributed by atoms with Crippen LogP contribution in [-0.2, 0) is 0 Å². The maximum atomic E-state index is 10.1. The van der Waals surface area contributed by atoms with E-state index in [2.05, 4.69) is 21.4 Å². The first kappa shape index (κ1) is 23.0. The van der Waals surface area contributed by atoms with Gasteiger partial charge in [0.1, 0.15) is 17.4 Å². The van der Waals surface area contributed by atoms with Crippen molar-refractivity contribution in [2.75, 3.05) is 25.8 Å². The van der Waals surface area contributed by atoms with Gasteiger partial charge in [0.2, 0.25) is 0 Å². The maximum absolute atomic E-state index is 10.1. The Kier molecular flexibility index (Phi) is 7.16. The van der Waals surface area contributed by atoms with Gasteiger partial charge < -0.3 is 19.5 Å². The molecule has 0 saturated heterocycles. The molecule has 1 N–H and O–H groups in total. The number of nitrogens with zero attached hydrogens (tertiary/aromatic N) is 3. The summed E-state index contributed by atoms with van der Waals surface area (Å²) in [5.74, 6) is 2.83. The third-order valence-corrected chi connectivity index (χ3v) is 5.50. The molecule has 0 fully saturated rings. The van der Waals surface area contributed by atoms with E-state index in [4.69, 9.17) is 14.2 Å². The molecule has 4 aromatic rings. The molecule has 0 atom stereocenters. The van der Waals surface area contributed by atoms with Crippen LogP contribution in [0.25, 0.3) is 11.3 Å². The highest BCUT2D eigenvalue weighted by atomic mass is 32.2. The molecule has 4 rings (SSSR count). The van der Waals surface area contributed by atoms with Crippen molar-refractivity contribution in [2.24, 2.45) is 0 Å². The van der Waals surface area contributed by atoms with E-state index in [0.717, 1.165) is 0 Å². The summed E-state index contributed by atoms with van der Waals surface area (Å²) < 4.78 is 16.8. The van der Waals surface area contributed by atoms with E-state index < -0.39 is 0 Å². The number of hydrogen-bond acceptors (Lipinski definition) is 8. The lowest BCUT2D eigenvalue weighted by Crippen LogP contribution is -2.04. The molecule has 0 spiro atoms. The fourth-order valence-corrected chi connectivity index (χ4v) is 3.69. The quantitative estimate of drug-likeness (QED) is 0.237. The molecular formula is C26H22N4O3S. The van der Waals surface area contributed by atoms with Gasteiger partial charge in [0, 0.05) is 5.56 Å². The lowest BCUT2D eigenvalue weighted by Gasteiger charge is -2.16. The van der Waals surface area contributed by atoms with Crippen LogP contribution in [0, 0.1) is 11.3 Å². The summed E-state index contributed by atoms with van der Waals surface area (Å²) in [6.45, 7) is 0. The van der Waals surface area contributed by atoms with E-state index in [-0.39, 0.29) is 0 Å². The Hall–Kier alpha value is -4.22. The van der Waals surface area contributed by atoms with Crippen LogP contribution in [0.15, 0.2) is 78.0 Å². The molecule has 0 bridgehead atoms. The van der Waals surface area contributed by atoms with Gasteiger partial charge in [-0.3, -0.25) is 0 Å². The molecule has 1 heterocycles. The maximum Gasteiger partial charge on any atom is 0.189 e. The van der Waals surface area contributed by atoms with Crippen LogP contribution in [0.5, 0.6) is 23.0 Å². The van der Waals surface area contributed by atoms with Crippen molar-refractivity contribution in [1.82, 2.24) is 9.97 Å². The number of aromatic nitrogens is 2. The molecule has 0 aliphatic carbocycles. The standard InChI is InChI=1S/C26H22N4O3S/c1-31-22-14-13-17(15-23(22)32-2)24-19(16-27)25(30-26(29-24)34-3)28-20-11-7-8-12-21(20)33-18-9-5-4-6-10-18/h4-15H,1-3H3,(H,28,29,30). The van der Waals surface area contributed by atoms with Crippen molar-refractivity contribution < 1.29 is 14.2 Å². The van der Waals surface area contributed by atoms with Crippen molar-refractivity contribution in [1.29, 1.82) is 5.26 Å². The zero-order valence-corrected chi connectivity index (χ0v) is 19.7. The molecule has 0 aliphatic rings. The molecule has 170 valence electrons. The molecule has 34 heavy (non-hydrogen) atoms. The predicted molar refractivity (Wildman–Crippen MR) is 133 cm³/mol. The Morgan fingerprint density at radius 2 is 1.59 bits per heavy atom. The lowest BCUT2D eigenvalue weighted by molar-refractivity contribution is 0.355. The highest BCUT2D eigenvalue weighted by Gasteiger charge is 2.19. The van der Waals surface area contributed by atoms with Gasteiger partial charge in [-0.1, -0.05) is 42.1 Å². The number of thioether (sulfide) groups is 1. The first-order valence-corrected chi connectivity index (χ1v) is 11.6. The number of rotatable bonds is 8. The fourth-order valence-electron chi connectivity index (χ4n) is 3.32. The van der Waals surface area contributed by atoms with Crippen LogP contribution >= 0.6 is 11.8 Å². The van der Waals surface area contributed by atoms with Gasteiger partial charge in [-0.2, -0.15) is 5.26 Å². The summed E-state index contributed by atoms with van der Waals surface area (Å²) in [5, 5.41) is 13.9. The fraction of sp³-hybridized carbons (Fsp3) is 0.115. The smallest absolute Gasteiger partial charge is 0.189 e. The normalized spacial score (nSPS) is 10.3. The summed E-state index contributed by atoms with van der Waals surface area (Å²) >= 11 is 1.39. The lowest BCUT2D eigenvalue weighted by atomic mass is 10.1. The Morgan fingerprint density at radius 1 is 0.853 bits per heavy atom. The number of ether oxygens (including phenoxy) is 3. The highest BCUT2D eigenvalue weighted by Crippen LogP contribution is 2.37. The van der Waals surface area contributed by atoms with Crippen molar-refractivity contribution in [2.45, 2.75) is 5.16 Å². The minimum atomic E-state index is 0.305. The zero-order valence-electron chi connectivity index (χ0n) is 18.9. The van der Waals surface area contributed by atoms with Crippen molar-refractivity contribution in [3.05, 3.63) is 78.4 Å². The van der Waals surface area contributed by atoms with Gasteiger partial charge in [0.25, 0.3) is 0 Å². The minimum Gasteiger partial charge on any atom is -0.493 e. The van der Waals surface area contributed by atoms with Gasteiger partial charge in [-0.05, 0) is 48.7 Å². The zero-order chi connectivity index (χ0) is 23.9. The monoisotopic (exact) mass is 470 g/mol. The first-order chi connectivity index (χ1) is 16.7. The van der Waals surface area contributed by atoms with E-state index >= 15 is 0 Å². The number of benzene rings is 3. The second kappa shape index (κ2) is 10.6. The van der Waals surface area contributed by atoms with E-state index in [9.17, 15) is 5.26 Å². The molecule has 7 nitrogen and oxygen atoms in total. The Balaban J connectivity index is 1.78. The molecule has 0 saturated carbocycles. The van der Waals surface area contributed by atoms with Gasteiger partial charge in [-0.15, -0.1) is 0 Å². The highest BCUT2D eigenvalue weighted by molar-refractivity contribution is 7.98. The largest absolute Gasteiger partial charge is 0.493 e. The number of hydrogen-bond donors (Lipinski definition) is 1. The molecule has 3 aromatic carbocycles. The number of para-hydroxylation sites is 3. The van der Waals surface area contributed by atoms with Gasteiger partial charge in [0.15, 0.2) is 28.2 Å². The summed E-state index contributed by atoms with van der Waals surface area (Å²) in [4.78, 5) is 9.19. The van der Waals surface area contributed by atoms with Gasteiger partial charge >= 0.3 is 0 Å². The predicted octanol–water partition coefficient (Wildman–Crippen LogP) is 6.29. The summed E-state index contributed by atoms with van der Waals surface area (Å²) in [6, 6.07) is 24.7. The van der Waals surface area contributed by atoms with Gasteiger partial charge in [-0.25, -0.2) is 9.97 Å². The number of nitriles is 1. The van der Waals surface area contributed by atoms with Crippen LogP contribution in [-0.4, -0.2) is 30.4 Å². The van der Waals surface area contributed by atoms with E-state index in [1.54, 1.807) is 26.4 Å². The van der Waals surface area contributed by atoms with E-state index in [1.165, 1.54) is 11.8 Å². The van der Waals surface area contributed by atoms with Crippen LogP contribution < -0.4 is 19.5 Å². The minimum absolute atomic E-state index is 0.305. The first-order valence-electron chi connectivity index (χ1n) is 10.3. The summed E-state index contributed by atoms with van der Waals surface area (Å²) in [5.41, 5.74) is 2.18. The molecular weight excluding hydrogens is 448 g/mol. The van der Waals surface area contributed by atoms with Crippen LogP contribution in [0.1, 0.15) is 5.56 Å². The van der Waals surface area contributed by atoms with Crippen molar-refractivity contribution in [3.63, 3.8) is 0 Å². The molecule has 0 aliphatic heterocycles. The second-order valence-corrected chi connectivity index (χ2v) is 7.77. The summed E-state index contributed by atoms with van der Waals surface area (Å²) in [7, 11) is 3.14. The Labute approximate surface area is 202 Å². The Bertz CT molecular complexity index is 1340. The molecule has 0 radical (unpaired) electrons. The number of methoxy groups -OCH3 is 2. The van der Waals surface area contributed by atoms with E-state index in [1.807, 2.05) is 66.9 Å². The number of nitrogens with one attached hydrogen (secondary N) is 1. The Morgan fingerprint density at radius 3 is 2.29 bits per heavy atom. The molecule has 8 heteroatoms.